The predicted molar refractivity (Wildman–Crippen MR) is 122 cm³/mol. The number of rotatable bonds is 8. The van der Waals surface area contributed by atoms with Gasteiger partial charge in [-0.2, -0.15) is 0 Å². The van der Waals surface area contributed by atoms with Gasteiger partial charge in [0.25, 0.3) is 0 Å². The molecule has 1 aromatic rings. The minimum atomic E-state index is 0.144. The van der Waals surface area contributed by atoms with E-state index in [0.29, 0.717) is 19.2 Å². The van der Waals surface area contributed by atoms with E-state index in [9.17, 15) is 0 Å². The van der Waals surface area contributed by atoms with E-state index in [-0.39, 0.29) is 6.10 Å². The number of ether oxygens (including phenoxy) is 2. The predicted octanol–water partition coefficient (Wildman–Crippen LogP) is 1.85. The fraction of sp³-hybridized carbons (Fsp3) is 0.696. The largest absolute Gasteiger partial charge is 0.488 e. The SMILES string of the molecule is CCNC(=NCc1ccc(C)cc1OC1CCOC1)NCC(C)N1CCN(C)CC1. The average Bonchev–Trinajstić information content (AvgIpc) is 3.24. The van der Waals surface area contributed by atoms with Crippen molar-refractivity contribution in [2.45, 2.75) is 45.9 Å². The van der Waals surface area contributed by atoms with E-state index >= 15 is 0 Å². The molecule has 2 N–H and O–H groups in total. The molecule has 0 bridgehead atoms. The molecule has 2 heterocycles. The van der Waals surface area contributed by atoms with Crippen molar-refractivity contribution in [3.8, 4) is 5.75 Å². The number of likely N-dealkylation sites (N-methyl/N-ethyl adjacent to an activating group) is 1. The van der Waals surface area contributed by atoms with Gasteiger partial charge in [0.2, 0.25) is 0 Å². The van der Waals surface area contributed by atoms with Gasteiger partial charge in [-0.15, -0.1) is 0 Å². The molecule has 3 rings (SSSR count). The highest BCUT2D eigenvalue weighted by molar-refractivity contribution is 5.79. The van der Waals surface area contributed by atoms with Gasteiger partial charge in [0.1, 0.15) is 11.9 Å². The summed E-state index contributed by atoms with van der Waals surface area (Å²) in [7, 11) is 2.19. The Morgan fingerprint density at radius 3 is 2.77 bits per heavy atom. The third-order valence-electron chi connectivity index (χ3n) is 5.88. The van der Waals surface area contributed by atoms with Crippen LogP contribution in [-0.4, -0.2) is 87.4 Å². The molecule has 30 heavy (non-hydrogen) atoms. The van der Waals surface area contributed by atoms with Gasteiger partial charge in [-0.3, -0.25) is 4.90 Å². The Morgan fingerprint density at radius 2 is 2.07 bits per heavy atom. The molecule has 0 saturated carbocycles. The van der Waals surface area contributed by atoms with Crippen LogP contribution in [-0.2, 0) is 11.3 Å². The highest BCUT2D eigenvalue weighted by Crippen LogP contribution is 2.24. The molecule has 2 atom stereocenters. The van der Waals surface area contributed by atoms with Crippen LogP contribution in [0.1, 0.15) is 31.4 Å². The molecule has 1 aromatic carbocycles. The van der Waals surface area contributed by atoms with E-state index in [1.54, 1.807) is 0 Å². The van der Waals surface area contributed by atoms with Crippen molar-refractivity contribution >= 4 is 5.96 Å². The Balaban J connectivity index is 1.58. The Morgan fingerprint density at radius 1 is 1.27 bits per heavy atom. The van der Waals surface area contributed by atoms with Crippen molar-refractivity contribution in [1.82, 2.24) is 20.4 Å². The van der Waals surface area contributed by atoms with E-state index in [1.165, 1.54) is 5.56 Å². The maximum atomic E-state index is 6.22. The molecule has 7 heteroatoms. The van der Waals surface area contributed by atoms with Crippen molar-refractivity contribution < 1.29 is 9.47 Å². The van der Waals surface area contributed by atoms with Gasteiger partial charge in [0.05, 0.1) is 19.8 Å². The maximum absolute atomic E-state index is 6.22. The second kappa shape index (κ2) is 11.5. The first-order valence-corrected chi connectivity index (χ1v) is 11.3. The maximum Gasteiger partial charge on any atom is 0.191 e. The zero-order valence-corrected chi connectivity index (χ0v) is 19.1. The minimum Gasteiger partial charge on any atom is -0.488 e. The lowest BCUT2D eigenvalue weighted by Crippen LogP contribution is -2.52. The van der Waals surface area contributed by atoms with E-state index in [4.69, 9.17) is 14.5 Å². The normalized spacial score (nSPS) is 22.1. The number of aliphatic imine (C=N–C) groups is 1. The molecule has 2 aliphatic heterocycles. The molecule has 0 radical (unpaired) electrons. The smallest absolute Gasteiger partial charge is 0.191 e. The first-order chi connectivity index (χ1) is 14.5. The molecule has 0 aliphatic carbocycles. The number of benzene rings is 1. The first kappa shape index (κ1) is 22.8. The zero-order chi connectivity index (χ0) is 21.3. The van der Waals surface area contributed by atoms with Crippen LogP contribution in [0.3, 0.4) is 0 Å². The third kappa shape index (κ3) is 6.86. The number of guanidine groups is 1. The second-order valence-corrected chi connectivity index (χ2v) is 8.48. The van der Waals surface area contributed by atoms with Gasteiger partial charge >= 0.3 is 0 Å². The van der Waals surface area contributed by atoms with Gasteiger partial charge in [0.15, 0.2) is 5.96 Å². The van der Waals surface area contributed by atoms with Gasteiger partial charge < -0.3 is 25.0 Å². The Hall–Kier alpha value is -1.83. The molecule has 0 amide bonds. The fourth-order valence-corrected chi connectivity index (χ4v) is 3.83. The summed E-state index contributed by atoms with van der Waals surface area (Å²) in [4.78, 5) is 9.77. The van der Waals surface area contributed by atoms with Crippen molar-refractivity contribution in [3.05, 3.63) is 29.3 Å². The Bertz CT molecular complexity index is 682. The number of aryl methyl sites for hydroxylation is 1. The molecule has 168 valence electrons. The summed E-state index contributed by atoms with van der Waals surface area (Å²) in [6, 6.07) is 6.83. The number of nitrogens with zero attached hydrogens (tertiary/aromatic N) is 3. The summed E-state index contributed by atoms with van der Waals surface area (Å²) < 4.78 is 11.7. The molecule has 2 saturated heterocycles. The number of hydrogen-bond donors (Lipinski definition) is 2. The lowest BCUT2D eigenvalue weighted by atomic mass is 10.1. The number of piperazine rings is 1. The average molecular weight is 418 g/mol. The van der Waals surface area contributed by atoms with Gasteiger partial charge in [-0.1, -0.05) is 12.1 Å². The van der Waals surface area contributed by atoms with Crippen molar-refractivity contribution in [1.29, 1.82) is 0 Å². The molecule has 7 nitrogen and oxygen atoms in total. The van der Waals surface area contributed by atoms with Crippen LogP contribution < -0.4 is 15.4 Å². The summed E-state index contributed by atoms with van der Waals surface area (Å²) in [5.74, 6) is 1.78. The molecule has 2 fully saturated rings. The summed E-state index contributed by atoms with van der Waals surface area (Å²) in [5.41, 5.74) is 2.31. The van der Waals surface area contributed by atoms with Crippen LogP contribution in [0.4, 0.5) is 0 Å². The van der Waals surface area contributed by atoms with Crippen LogP contribution >= 0.6 is 0 Å². The van der Waals surface area contributed by atoms with E-state index in [0.717, 1.165) is 69.6 Å². The van der Waals surface area contributed by atoms with Crippen LogP contribution in [0.15, 0.2) is 23.2 Å². The van der Waals surface area contributed by atoms with Crippen molar-refractivity contribution in [3.63, 3.8) is 0 Å². The molecule has 2 aliphatic rings. The Kier molecular flexibility index (Phi) is 8.78. The van der Waals surface area contributed by atoms with Crippen LogP contribution in [0.25, 0.3) is 0 Å². The van der Waals surface area contributed by atoms with Crippen molar-refractivity contribution in [2.24, 2.45) is 4.99 Å². The standard InChI is InChI=1S/C23H39N5O2/c1-5-24-23(25-15-19(3)28-11-9-27(4)10-12-28)26-16-20-7-6-18(2)14-22(20)30-21-8-13-29-17-21/h6-7,14,19,21H,5,8-13,15-17H2,1-4H3,(H2,24,25,26). The quantitative estimate of drug-likeness (QED) is 0.497. The molecule has 0 aromatic heterocycles. The summed E-state index contributed by atoms with van der Waals surface area (Å²) in [6.07, 6.45) is 1.09. The number of hydrogen-bond acceptors (Lipinski definition) is 5. The van der Waals surface area contributed by atoms with E-state index in [1.807, 2.05) is 0 Å². The Labute approximate surface area is 181 Å². The lowest BCUT2D eigenvalue weighted by Gasteiger charge is -2.36. The van der Waals surface area contributed by atoms with Crippen LogP contribution in [0.2, 0.25) is 0 Å². The second-order valence-electron chi connectivity index (χ2n) is 8.48. The minimum absolute atomic E-state index is 0.144. The highest BCUT2D eigenvalue weighted by atomic mass is 16.5. The number of nitrogens with one attached hydrogen (secondary N) is 2. The summed E-state index contributed by atoms with van der Waals surface area (Å²) in [6.45, 7) is 14.8. The first-order valence-electron chi connectivity index (χ1n) is 11.3. The molecular formula is C23H39N5O2. The van der Waals surface area contributed by atoms with Gasteiger partial charge in [-0.05, 0) is 39.4 Å². The topological polar surface area (TPSA) is 61.4 Å². The third-order valence-corrected chi connectivity index (χ3v) is 5.88. The van der Waals surface area contributed by atoms with Crippen molar-refractivity contribution in [2.75, 3.05) is 59.5 Å². The fourth-order valence-electron chi connectivity index (χ4n) is 3.83. The van der Waals surface area contributed by atoms with Crippen LogP contribution in [0.5, 0.6) is 5.75 Å². The zero-order valence-electron chi connectivity index (χ0n) is 19.1. The molecule has 0 spiro atoms. The summed E-state index contributed by atoms with van der Waals surface area (Å²) in [5, 5.41) is 6.90. The molecule has 2 unspecified atom stereocenters. The van der Waals surface area contributed by atoms with E-state index in [2.05, 4.69) is 66.5 Å². The summed E-state index contributed by atoms with van der Waals surface area (Å²) >= 11 is 0. The van der Waals surface area contributed by atoms with E-state index < -0.39 is 0 Å². The highest BCUT2D eigenvalue weighted by Gasteiger charge is 2.20. The van der Waals surface area contributed by atoms with Gasteiger partial charge in [-0.25, -0.2) is 4.99 Å². The van der Waals surface area contributed by atoms with Crippen LogP contribution in [0, 0.1) is 6.92 Å². The monoisotopic (exact) mass is 417 g/mol. The van der Waals surface area contributed by atoms with Gasteiger partial charge in [0, 0.05) is 57.3 Å². The lowest BCUT2D eigenvalue weighted by molar-refractivity contribution is 0.120. The molecular weight excluding hydrogens is 378 g/mol.